The molecule has 0 radical (unpaired) electrons. The molecule has 0 aliphatic heterocycles. The molecule has 0 spiro atoms. The van der Waals surface area contributed by atoms with Gasteiger partial charge < -0.3 is 14.3 Å². The molecule has 0 saturated carbocycles. The zero-order valence-corrected chi connectivity index (χ0v) is 17.5. The van der Waals surface area contributed by atoms with Crippen molar-refractivity contribution < 1.29 is 14.3 Å². The molecule has 1 heterocycles. The van der Waals surface area contributed by atoms with E-state index in [0.717, 1.165) is 22.9 Å². The molecule has 1 aromatic heterocycles. The van der Waals surface area contributed by atoms with Crippen molar-refractivity contribution in [3.05, 3.63) is 112 Å². The van der Waals surface area contributed by atoms with E-state index < -0.39 is 6.29 Å². The second kappa shape index (κ2) is 9.63. The third-order valence-electron chi connectivity index (χ3n) is 5.56. The zero-order valence-electron chi connectivity index (χ0n) is 17.5. The summed E-state index contributed by atoms with van der Waals surface area (Å²) in [5.74, 6) is 0.871. The highest BCUT2D eigenvalue weighted by Crippen LogP contribution is 2.34. The highest BCUT2D eigenvalue weighted by Gasteiger charge is 2.18. The molecule has 4 aromatic rings. The second-order valence-electron chi connectivity index (χ2n) is 7.61. The monoisotopic (exact) mass is 414 g/mol. The van der Waals surface area contributed by atoms with E-state index in [1.165, 1.54) is 11.6 Å². The van der Waals surface area contributed by atoms with Crippen LogP contribution in [0.1, 0.15) is 42.4 Å². The summed E-state index contributed by atoms with van der Waals surface area (Å²) < 4.78 is 11.2. The van der Waals surface area contributed by atoms with E-state index in [9.17, 15) is 9.90 Å². The molecule has 158 valence electrons. The Morgan fingerprint density at radius 3 is 2.45 bits per heavy atom. The molecule has 3 aromatic carbocycles. The van der Waals surface area contributed by atoms with E-state index in [4.69, 9.17) is 9.15 Å². The lowest BCUT2D eigenvalue weighted by molar-refractivity contribution is -0.0233. The maximum Gasteiger partial charge on any atom is 0.336 e. The molecule has 4 heteroatoms. The van der Waals surface area contributed by atoms with E-state index in [1.807, 2.05) is 54.6 Å². The first-order valence-electron chi connectivity index (χ1n) is 10.7. The molecule has 0 aliphatic carbocycles. The third-order valence-corrected chi connectivity index (χ3v) is 5.56. The predicted molar refractivity (Wildman–Crippen MR) is 122 cm³/mol. The molecular formula is C27H26O4. The Morgan fingerprint density at radius 2 is 1.65 bits per heavy atom. The molecule has 2 unspecified atom stereocenters. The summed E-state index contributed by atoms with van der Waals surface area (Å²) in [4.78, 5) is 11.9. The number of aliphatic hydroxyl groups excluding tert-OH is 1. The normalized spacial score (nSPS) is 13.1. The predicted octanol–water partition coefficient (Wildman–Crippen LogP) is 5.66. The number of fused-ring (bicyclic) bond motifs is 1. The minimum atomic E-state index is -0.986. The number of para-hydroxylation sites is 2. The number of ether oxygens (including phenoxy) is 1. The Bertz CT molecular complexity index is 1200. The van der Waals surface area contributed by atoms with Crippen LogP contribution in [0, 0.1) is 0 Å². The van der Waals surface area contributed by atoms with Gasteiger partial charge in [0.15, 0.2) is 6.29 Å². The van der Waals surface area contributed by atoms with Crippen LogP contribution >= 0.6 is 0 Å². The van der Waals surface area contributed by atoms with Crippen LogP contribution in [0.2, 0.25) is 0 Å². The van der Waals surface area contributed by atoms with Crippen molar-refractivity contribution in [3.8, 4) is 5.75 Å². The highest BCUT2D eigenvalue weighted by atomic mass is 16.6. The Morgan fingerprint density at radius 1 is 0.935 bits per heavy atom. The smallest absolute Gasteiger partial charge is 0.336 e. The van der Waals surface area contributed by atoms with E-state index in [1.54, 1.807) is 6.07 Å². The Labute approximate surface area is 181 Å². The molecule has 31 heavy (non-hydrogen) atoms. The Balaban J connectivity index is 1.51. The first kappa shape index (κ1) is 20.9. The fraction of sp³-hybridized carbons (Fsp3) is 0.222. The maximum absolute atomic E-state index is 11.9. The van der Waals surface area contributed by atoms with Crippen LogP contribution in [0.15, 0.2) is 94.1 Å². The van der Waals surface area contributed by atoms with Gasteiger partial charge in [-0.1, -0.05) is 73.7 Å². The largest absolute Gasteiger partial charge is 0.465 e. The molecule has 4 rings (SSSR count). The summed E-state index contributed by atoms with van der Waals surface area (Å²) in [5.41, 5.74) is 3.29. The number of aryl methyl sites for hydroxylation is 1. The molecule has 0 saturated heterocycles. The van der Waals surface area contributed by atoms with Gasteiger partial charge in [0.05, 0.1) is 0 Å². The van der Waals surface area contributed by atoms with Gasteiger partial charge in [0.25, 0.3) is 0 Å². The lowest BCUT2D eigenvalue weighted by Crippen LogP contribution is -2.18. The van der Waals surface area contributed by atoms with Gasteiger partial charge in [-0.15, -0.1) is 0 Å². The molecule has 2 atom stereocenters. The van der Waals surface area contributed by atoms with Crippen LogP contribution in [-0.4, -0.2) is 11.4 Å². The van der Waals surface area contributed by atoms with Crippen molar-refractivity contribution in [1.29, 1.82) is 0 Å². The molecule has 0 aliphatic rings. The Kier molecular flexibility index (Phi) is 6.48. The van der Waals surface area contributed by atoms with Gasteiger partial charge in [0.2, 0.25) is 0 Å². The molecule has 0 bridgehead atoms. The van der Waals surface area contributed by atoms with Gasteiger partial charge in [0, 0.05) is 29.4 Å². The van der Waals surface area contributed by atoms with Crippen LogP contribution in [-0.2, 0) is 6.42 Å². The van der Waals surface area contributed by atoms with Gasteiger partial charge in [-0.2, -0.15) is 0 Å². The standard InChI is InChI=1S/C27H26O4/c1-2-21(19-10-4-3-5-11-19)23-13-7-9-15-25(23)30-26(28)17-16-20-18-27(29)31-24-14-8-6-12-22(20)24/h3-15,18,21,26,28H,2,16-17H2,1H3. The van der Waals surface area contributed by atoms with Gasteiger partial charge >= 0.3 is 5.63 Å². The molecule has 1 N–H and O–H groups in total. The number of rotatable bonds is 8. The Hall–Kier alpha value is -3.37. The SMILES string of the molecule is CCC(c1ccccc1)c1ccccc1OC(O)CCc1cc(=O)oc2ccccc12. The van der Waals surface area contributed by atoms with E-state index in [-0.39, 0.29) is 11.5 Å². The van der Waals surface area contributed by atoms with Gasteiger partial charge in [0.1, 0.15) is 11.3 Å². The fourth-order valence-corrected chi connectivity index (χ4v) is 4.07. The minimum Gasteiger partial charge on any atom is -0.465 e. The van der Waals surface area contributed by atoms with Crippen LogP contribution in [0.5, 0.6) is 5.75 Å². The van der Waals surface area contributed by atoms with Crippen molar-refractivity contribution in [1.82, 2.24) is 0 Å². The second-order valence-corrected chi connectivity index (χ2v) is 7.61. The number of hydrogen-bond donors (Lipinski definition) is 1. The van der Waals surface area contributed by atoms with Crippen LogP contribution in [0.3, 0.4) is 0 Å². The number of hydrogen-bond acceptors (Lipinski definition) is 4. The lowest BCUT2D eigenvalue weighted by atomic mass is 9.88. The summed E-state index contributed by atoms with van der Waals surface area (Å²) in [6.45, 7) is 2.15. The van der Waals surface area contributed by atoms with Crippen LogP contribution in [0.25, 0.3) is 11.0 Å². The number of benzene rings is 3. The molecule has 4 nitrogen and oxygen atoms in total. The quantitative estimate of drug-likeness (QED) is 0.298. The first-order chi connectivity index (χ1) is 15.2. The zero-order chi connectivity index (χ0) is 21.6. The van der Waals surface area contributed by atoms with Gasteiger partial charge in [-0.25, -0.2) is 4.79 Å². The summed E-state index contributed by atoms with van der Waals surface area (Å²) in [6, 6.07) is 27.1. The van der Waals surface area contributed by atoms with E-state index >= 15 is 0 Å². The summed E-state index contributed by atoms with van der Waals surface area (Å²) in [6.07, 6.45) is 0.807. The van der Waals surface area contributed by atoms with Gasteiger partial charge in [-0.3, -0.25) is 0 Å². The van der Waals surface area contributed by atoms with E-state index in [0.29, 0.717) is 24.2 Å². The highest BCUT2D eigenvalue weighted by molar-refractivity contribution is 5.79. The minimum absolute atomic E-state index is 0.187. The molecule has 0 fully saturated rings. The maximum atomic E-state index is 11.9. The average molecular weight is 415 g/mol. The van der Waals surface area contributed by atoms with Crippen LogP contribution < -0.4 is 10.4 Å². The summed E-state index contributed by atoms with van der Waals surface area (Å²) in [5, 5.41) is 11.5. The molecule has 0 amide bonds. The van der Waals surface area contributed by atoms with Crippen LogP contribution in [0.4, 0.5) is 0 Å². The van der Waals surface area contributed by atoms with Crippen molar-refractivity contribution in [3.63, 3.8) is 0 Å². The summed E-state index contributed by atoms with van der Waals surface area (Å²) >= 11 is 0. The van der Waals surface area contributed by atoms with Crippen molar-refractivity contribution in [2.75, 3.05) is 0 Å². The molecular weight excluding hydrogens is 388 g/mol. The lowest BCUT2D eigenvalue weighted by Gasteiger charge is -2.22. The third kappa shape index (κ3) is 4.86. The van der Waals surface area contributed by atoms with Crippen molar-refractivity contribution in [2.24, 2.45) is 0 Å². The number of aliphatic hydroxyl groups is 1. The first-order valence-corrected chi connectivity index (χ1v) is 10.7. The van der Waals surface area contributed by atoms with Gasteiger partial charge in [-0.05, 0) is 36.1 Å². The fourth-order valence-electron chi connectivity index (χ4n) is 4.07. The average Bonchev–Trinajstić information content (AvgIpc) is 2.80. The van der Waals surface area contributed by atoms with E-state index in [2.05, 4.69) is 25.1 Å². The van der Waals surface area contributed by atoms with Crippen molar-refractivity contribution in [2.45, 2.75) is 38.4 Å². The summed E-state index contributed by atoms with van der Waals surface area (Å²) in [7, 11) is 0. The van der Waals surface area contributed by atoms with Crippen molar-refractivity contribution >= 4 is 11.0 Å². The topological polar surface area (TPSA) is 59.7 Å².